The van der Waals surface area contributed by atoms with Crippen molar-refractivity contribution >= 4 is 11.7 Å². The maximum Gasteiger partial charge on any atom is 0.241 e. The largest absolute Gasteiger partial charge is 0.348 e. The van der Waals surface area contributed by atoms with Crippen LogP contribution >= 0.6 is 0 Å². The van der Waals surface area contributed by atoms with E-state index in [1.54, 1.807) is 31.1 Å². The van der Waals surface area contributed by atoms with Crippen molar-refractivity contribution in [1.29, 1.82) is 5.26 Å². The van der Waals surface area contributed by atoms with Crippen LogP contribution in [0.15, 0.2) is 12.1 Å². The number of carbonyl (C=O) groups excluding carboxylic acids is 1. The molecule has 1 aromatic rings. The van der Waals surface area contributed by atoms with Crippen LogP contribution in [-0.2, 0) is 4.79 Å². The number of nitrogens with zero attached hydrogens (tertiary/aromatic N) is 4. The van der Waals surface area contributed by atoms with Crippen molar-refractivity contribution in [3.8, 4) is 6.07 Å². The number of carbonyl (C=O) groups is 1. The highest BCUT2D eigenvalue weighted by molar-refractivity contribution is 5.80. The molecule has 0 atom stereocenters. The first-order valence-electron chi connectivity index (χ1n) is 5.81. The van der Waals surface area contributed by atoms with E-state index in [9.17, 15) is 4.79 Å². The molecule has 0 radical (unpaired) electrons. The van der Waals surface area contributed by atoms with Gasteiger partial charge in [0.1, 0.15) is 5.82 Å². The van der Waals surface area contributed by atoms with E-state index in [-0.39, 0.29) is 12.5 Å². The van der Waals surface area contributed by atoms with Crippen molar-refractivity contribution in [2.45, 2.75) is 13.8 Å². The van der Waals surface area contributed by atoms with E-state index in [2.05, 4.69) is 11.1 Å². The standard InChI is InChI=1S/C13H18N4O/c1-5-17(9-13(18)16(3)4)12-7-11(8-14)6-10(2)15-12/h6-7H,5,9H2,1-4H3. The Morgan fingerprint density at radius 1 is 1.44 bits per heavy atom. The molecule has 5 nitrogen and oxygen atoms in total. The fourth-order valence-electron chi connectivity index (χ4n) is 1.54. The highest BCUT2D eigenvalue weighted by Crippen LogP contribution is 2.14. The van der Waals surface area contributed by atoms with Crippen LogP contribution in [0.1, 0.15) is 18.2 Å². The number of likely N-dealkylation sites (N-methyl/N-ethyl adjacent to an activating group) is 2. The fraction of sp³-hybridized carbons (Fsp3) is 0.462. The molecule has 1 aromatic heterocycles. The predicted octanol–water partition coefficient (Wildman–Crippen LogP) is 1.18. The summed E-state index contributed by atoms with van der Waals surface area (Å²) in [5, 5.41) is 8.94. The highest BCUT2D eigenvalue weighted by atomic mass is 16.2. The number of rotatable bonds is 4. The maximum atomic E-state index is 11.7. The van der Waals surface area contributed by atoms with E-state index < -0.39 is 0 Å². The van der Waals surface area contributed by atoms with E-state index in [1.165, 1.54) is 0 Å². The Balaban J connectivity index is 2.99. The van der Waals surface area contributed by atoms with Gasteiger partial charge >= 0.3 is 0 Å². The highest BCUT2D eigenvalue weighted by Gasteiger charge is 2.13. The smallest absolute Gasteiger partial charge is 0.241 e. The van der Waals surface area contributed by atoms with Crippen molar-refractivity contribution in [3.63, 3.8) is 0 Å². The third kappa shape index (κ3) is 3.45. The SMILES string of the molecule is CCN(CC(=O)N(C)C)c1cc(C#N)cc(C)n1. The zero-order valence-corrected chi connectivity index (χ0v) is 11.3. The minimum Gasteiger partial charge on any atom is -0.348 e. The average molecular weight is 246 g/mol. The molecule has 1 heterocycles. The molecule has 0 aromatic carbocycles. The molecule has 0 N–H and O–H groups in total. The second-order valence-electron chi connectivity index (χ2n) is 4.27. The van der Waals surface area contributed by atoms with Crippen LogP contribution in [0.3, 0.4) is 0 Å². The number of hydrogen-bond acceptors (Lipinski definition) is 4. The summed E-state index contributed by atoms with van der Waals surface area (Å²) in [5.41, 5.74) is 1.34. The monoisotopic (exact) mass is 246 g/mol. The Bertz CT molecular complexity index is 476. The van der Waals surface area contributed by atoms with Crippen molar-refractivity contribution in [2.24, 2.45) is 0 Å². The summed E-state index contributed by atoms with van der Waals surface area (Å²) >= 11 is 0. The Kier molecular flexibility index (Phi) is 4.67. The fourth-order valence-corrected chi connectivity index (χ4v) is 1.54. The summed E-state index contributed by atoms with van der Waals surface area (Å²) in [6.07, 6.45) is 0. The van der Waals surface area contributed by atoms with Crippen molar-refractivity contribution in [2.75, 3.05) is 32.1 Å². The number of nitriles is 1. The first-order chi connectivity index (χ1) is 8.47. The first kappa shape index (κ1) is 14.0. The van der Waals surface area contributed by atoms with Gasteiger partial charge in [0.05, 0.1) is 18.2 Å². The molecule has 0 aliphatic carbocycles. The molecule has 0 fully saturated rings. The third-order valence-corrected chi connectivity index (χ3v) is 2.60. The van der Waals surface area contributed by atoms with Gasteiger partial charge in [-0.15, -0.1) is 0 Å². The second kappa shape index (κ2) is 6.01. The molecule has 5 heteroatoms. The van der Waals surface area contributed by atoms with E-state index in [4.69, 9.17) is 5.26 Å². The Morgan fingerprint density at radius 2 is 2.11 bits per heavy atom. The summed E-state index contributed by atoms with van der Waals surface area (Å²) in [4.78, 5) is 19.5. The minimum absolute atomic E-state index is 0.0127. The number of pyridine rings is 1. The number of amides is 1. The molecular formula is C13H18N4O. The molecule has 18 heavy (non-hydrogen) atoms. The van der Waals surface area contributed by atoms with Gasteiger partial charge in [-0.3, -0.25) is 4.79 Å². The van der Waals surface area contributed by atoms with Gasteiger partial charge < -0.3 is 9.80 Å². The zero-order chi connectivity index (χ0) is 13.7. The molecule has 0 bridgehead atoms. The maximum absolute atomic E-state index is 11.7. The topological polar surface area (TPSA) is 60.2 Å². The van der Waals surface area contributed by atoms with Gasteiger partial charge in [-0.05, 0) is 26.0 Å². The minimum atomic E-state index is 0.0127. The van der Waals surface area contributed by atoms with Crippen LogP contribution in [0.2, 0.25) is 0 Å². The number of aryl methyl sites for hydroxylation is 1. The summed E-state index contributed by atoms with van der Waals surface area (Å²) < 4.78 is 0. The van der Waals surface area contributed by atoms with Crippen LogP contribution in [0.5, 0.6) is 0 Å². The second-order valence-corrected chi connectivity index (χ2v) is 4.27. The van der Waals surface area contributed by atoms with Crippen molar-refractivity contribution in [3.05, 3.63) is 23.4 Å². The quantitative estimate of drug-likeness (QED) is 0.800. The Labute approximate surface area is 108 Å². The first-order valence-corrected chi connectivity index (χ1v) is 5.81. The molecule has 1 amide bonds. The summed E-state index contributed by atoms with van der Waals surface area (Å²) in [7, 11) is 3.45. The summed E-state index contributed by atoms with van der Waals surface area (Å²) in [6.45, 7) is 4.73. The van der Waals surface area contributed by atoms with Gasteiger partial charge in [0, 0.05) is 26.3 Å². The van der Waals surface area contributed by atoms with Crippen LogP contribution in [0.25, 0.3) is 0 Å². The zero-order valence-electron chi connectivity index (χ0n) is 11.3. The molecule has 0 aliphatic heterocycles. The Hall–Kier alpha value is -2.09. The molecule has 0 aliphatic rings. The van der Waals surface area contributed by atoms with Crippen molar-refractivity contribution < 1.29 is 4.79 Å². The summed E-state index contributed by atoms with van der Waals surface area (Å²) in [5.74, 6) is 0.683. The normalized spacial score (nSPS) is 9.72. The number of hydrogen-bond donors (Lipinski definition) is 0. The van der Waals surface area contributed by atoms with Gasteiger partial charge in [0.15, 0.2) is 0 Å². The lowest BCUT2D eigenvalue weighted by Gasteiger charge is -2.23. The van der Waals surface area contributed by atoms with Gasteiger partial charge in [0.25, 0.3) is 0 Å². The van der Waals surface area contributed by atoms with Gasteiger partial charge in [-0.25, -0.2) is 4.98 Å². The van der Waals surface area contributed by atoms with E-state index in [0.29, 0.717) is 17.9 Å². The van der Waals surface area contributed by atoms with Gasteiger partial charge in [0.2, 0.25) is 5.91 Å². The van der Waals surface area contributed by atoms with Gasteiger partial charge in [-0.1, -0.05) is 0 Å². The summed E-state index contributed by atoms with van der Waals surface area (Å²) in [6, 6.07) is 5.54. The molecular weight excluding hydrogens is 228 g/mol. The van der Waals surface area contributed by atoms with Crippen LogP contribution < -0.4 is 4.90 Å². The Morgan fingerprint density at radius 3 is 2.61 bits per heavy atom. The van der Waals surface area contributed by atoms with Crippen LogP contribution in [0, 0.1) is 18.3 Å². The lowest BCUT2D eigenvalue weighted by atomic mass is 10.2. The molecule has 0 saturated carbocycles. The predicted molar refractivity (Wildman–Crippen MR) is 70.3 cm³/mol. The lowest BCUT2D eigenvalue weighted by Crippen LogP contribution is -2.37. The molecule has 0 spiro atoms. The molecule has 0 saturated heterocycles. The molecule has 1 rings (SSSR count). The number of aromatic nitrogens is 1. The van der Waals surface area contributed by atoms with Crippen molar-refractivity contribution in [1.82, 2.24) is 9.88 Å². The van der Waals surface area contributed by atoms with E-state index in [0.717, 1.165) is 5.69 Å². The lowest BCUT2D eigenvalue weighted by molar-refractivity contribution is -0.127. The van der Waals surface area contributed by atoms with Crippen LogP contribution in [-0.4, -0.2) is 43.0 Å². The molecule has 96 valence electrons. The van der Waals surface area contributed by atoms with Crippen LogP contribution in [0.4, 0.5) is 5.82 Å². The van der Waals surface area contributed by atoms with E-state index in [1.807, 2.05) is 18.7 Å². The average Bonchev–Trinajstić information content (AvgIpc) is 2.34. The van der Waals surface area contributed by atoms with E-state index >= 15 is 0 Å². The third-order valence-electron chi connectivity index (χ3n) is 2.60. The van der Waals surface area contributed by atoms with Gasteiger partial charge in [-0.2, -0.15) is 5.26 Å². The molecule has 0 unspecified atom stereocenters. The number of anilines is 1.